The number of hydrogen-bond donors (Lipinski definition) is 2. The Balaban J connectivity index is 1.57. The molecule has 0 aromatic carbocycles. The quantitative estimate of drug-likeness (QED) is 0.760. The van der Waals surface area contributed by atoms with Crippen molar-refractivity contribution in [2.45, 2.75) is 45.1 Å². The summed E-state index contributed by atoms with van der Waals surface area (Å²) in [6.45, 7) is 9.54. The number of nitrogens with zero attached hydrogens (tertiary/aromatic N) is 1. The summed E-state index contributed by atoms with van der Waals surface area (Å²) in [6, 6.07) is 0.721. The maximum atomic E-state index is 3.74. The first kappa shape index (κ1) is 13.3. The van der Waals surface area contributed by atoms with Crippen LogP contribution in [0.5, 0.6) is 0 Å². The standard InChI is InChI=1S/C14H29N3/c1-13(14-5-3-2-4-6-14)16-9-12-17-10-7-15-8-11-17/h13-16H,2-12H2,1H3/t13-/m0/s1. The van der Waals surface area contributed by atoms with Crippen LogP contribution in [0.1, 0.15) is 39.0 Å². The van der Waals surface area contributed by atoms with Crippen LogP contribution in [0.3, 0.4) is 0 Å². The Bertz CT molecular complexity index is 196. The summed E-state index contributed by atoms with van der Waals surface area (Å²) in [5.41, 5.74) is 0. The molecule has 0 amide bonds. The average molecular weight is 239 g/mol. The van der Waals surface area contributed by atoms with Gasteiger partial charge in [-0.15, -0.1) is 0 Å². The monoisotopic (exact) mass is 239 g/mol. The van der Waals surface area contributed by atoms with Gasteiger partial charge in [-0.25, -0.2) is 0 Å². The number of hydrogen-bond acceptors (Lipinski definition) is 3. The maximum absolute atomic E-state index is 3.74. The highest BCUT2D eigenvalue weighted by atomic mass is 15.2. The Morgan fingerprint density at radius 2 is 1.88 bits per heavy atom. The SMILES string of the molecule is C[C@H](NCCN1CCNCC1)C1CCCCC1. The van der Waals surface area contributed by atoms with E-state index in [1.165, 1.54) is 51.7 Å². The van der Waals surface area contributed by atoms with Gasteiger partial charge >= 0.3 is 0 Å². The first-order valence-corrected chi connectivity index (χ1v) is 7.53. The van der Waals surface area contributed by atoms with Crippen LogP contribution in [0.4, 0.5) is 0 Å². The molecule has 0 bridgehead atoms. The number of rotatable bonds is 5. The zero-order valence-electron chi connectivity index (χ0n) is 11.4. The van der Waals surface area contributed by atoms with Crippen LogP contribution < -0.4 is 10.6 Å². The molecule has 2 rings (SSSR count). The molecule has 1 atom stereocenters. The molecule has 1 saturated carbocycles. The summed E-state index contributed by atoms with van der Waals surface area (Å²) >= 11 is 0. The van der Waals surface area contributed by atoms with E-state index >= 15 is 0 Å². The van der Waals surface area contributed by atoms with E-state index in [9.17, 15) is 0 Å². The molecule has 17 heavy (non-hydrogen) atoms. The molecule has 3 nitrogen and oxygen atoms in total. The van der Waals surface area contributed by atoms with Crippen LogP contribution in [0, 0.1) is 5.92 Å². The molecule has 100 valence electrons. The fourth-order valence-corrected chi connectivity index (χ4v) is 3.19. The van der Waals surface area contributed by atoms with E-state index in [0.29, 0.717) is 0 Å². The molecule has 1 aliphatic carbocycles. The highest BCUT2D eigenvalue weighted by Gasteiger charge is 2.19. The molecule has 3 heteroatoms. The molecule has 2 N–H and O–H groups in total. The second kappa shape index (κ2) is 7.34. The smallest absolute Gasteiger partial charge is 0.0108 e. The summed E-state index contributed by atoms with van der Waals surface area (Å²) in [5.74, 6) is 0.937. The lowest BCUT2D eigenvalue weighted by Crippen LogP contribution is -2.47. The molecule has 1 heterocycles. The second-order valence-electron chi connectivity index (χ2n) is 5.73. The van der Waals surface area contributed by atoms with Gasteiger partial charge in [0.25, 0.3) is 0 Å². The molecule has 0 radical (unpaired) electrons. The molecule has 0 aromatic heterocycles. The van der Waals surface area contributed by atoms with Crippen LogP contribution >= 0.6 is 0 Å². The first-order chi connectivity index (χ1) is 8.36. The van der Waals surface area contributed by atoms with Crippen LogP contribution in [0.15, 0.2) is 0 Å². The Hall–Kier alpha value is -0.120. The zero-order valence-corrected chi connectivity index (χ0v) is 11.4. The molecule has 2 aliphatic rings. The van der Waals surface area contributed by atoms with Gasteiger partial charge in [0.1, 0.15) is 0 Å². The normalized spacial score (nSPS) is 25.9. The van der Waals surface area contributed by atoms with Crippen LogP contribution in [0.25, 0.3) is 0 Å². The highest BCUT2D eigenvalue weighted by molar-refractivity contribution is 4.77. The van der Waals surface area contributed by atoms with Gasteiger partial charge in [-0.1, -0.05) is 19.3 Å². The van der Waals surface area contributed by atoms with Gasteiger partial charge in [-0.2, -0.15) is 0 Å². The Kier molecular flexibility index (Phi) is 5.75. The third-order valence-electron chi connectivity index (χ3n) is 4.46. The fraction of sp³-hybridized carbons (Fsp3) is 1.00. The van der Waals surface area contributed by atoms with Crippen molar-refractivity contribution in [2.24, 2.45) is 5.92 Å². The van der Waals surface area contributed by atoms with Gasteiger partial charge < -0.3 is 10.6 Å². The average Bonchev–Trinajstić information content (AvgIpc) is 2.41. The van der Waals surface area contributed by atoms with Crippen molar-refractivity contribution in [1.29, 1.82) is 0 Å². The summed E-state index contributed by atoms with van der Waals surface area (Å²) in [4.78, 5) is 2.57. The van der Waals surface area contributed by atoms with Crippen molar-refractivity contribution >= 4 is 0 Å². The van der Waals surface area contributed by atoms with Crippen molar-refractivity contribution in [2.75, 3.05) is 39.3 Å². The van der Waals surface area contributed by atoms with E-state index in [1.54, 1.807) is 0 Å². The fourth-order valence-electron chi connectivity index (χ4n) is 3.19. The molecule has 1 saturated heterocycles. The molecule has 0 spiro atoms. The van der Waals surface area contributed by atoms with Gasteiger partial charge in [-0.3, -0.25) is 4.90 Å². The summed E-state index contributed by atoms with van der Waals surface area (Å²) < 4.78 is 0. The lowest BCUT2D eigenvalue weighted by molar-refractivity contribution is 0.225. The minimum Gasteiger partial charge on any atom is -0.314 e. The molecule has 1 aliphatic heterocycles. The van der Waals surface area contributed by atoms with E-state index in [0.717, 1.165) is 31.6 Å². The minimum atomic E-state index is 0.721. The lowest BCUT2D eigenvalue weighted by Gasteiger charge is -2.31. The van der Waals surface area contributed by atoms with Crippen molar-refractivity contribution in [1.82, 2.24) is 15.5 Å². The van der Waals surface area contributed by atoms with E-state index in [-0.39, 0.29) is 0 Å². The van der Waals surface area contributed by atoms with Crippen molar-refractivity contribution < 1.29 is 0 Å². The Morgan fingerprint density at radius 3 is 2.59 bits per heavy atom. The Morgan fingerprint density at radius 1 is 1.18 bits per heavy atom. The predicted octanol–water partition coefficient (Wildman–Crippen LogP) is 1.45. The molecule has 0 unspecified atom stereocenters. The van der Waals surface area contributed by atoms with Gasteiger partial charge in [0.05, 0.1) is 0 Å². The third kappa shape index (κ3) is 4.57. The molecular weight excluding hydrogens is 210 g/mol. The van der Waals surface area contributed by atoms with Gasteiger partial charge in [-0.05, 0) is 25.7 Å². The van der Waals surface area contributed by atoms with E-state index in [4.69, 9.17) is 0 Å². The van der Waals surface area contributed by atoms with Gasteiger partial charge in [0.2, 0.25) is 0 Å². The maximum Gasteiger partial charge on any atom is 0.0108 e. The Labute approximate surface area is 106 Å². The highest BCUT2D eigenvalue weighted by Crippen LogP contribution is 2.26. The zero-order chi connectivity index (χ0) is 11.9. The van der Waals surface area contributed by atoms with Crippen molar-refractivity contribution in [3.8, 4) is 0 Å². The largest absolute Gasteiger partial charge is 0.314 e. The van der Waals surface area contributed by atoms with Crippen LogP contribution in [-0.2, 0) is 0 Å². The topological polar surface area (TPSA) is 27.3 Å². The first-order valence-electron chi connectivity index (χ1n) is 7.53. The number of nitrogens with one attached hydrogen (secondary N) is 2. The van der Waals surface area contributed by atoms with Crippen LogP contribution in [0.2, 0.25) is 0 Å². The molecule has 0 aromatic rings. The van der Waals surface area contributed by atoms with Crippen LogP contribution in [-0.4, -0.2) is 50.2 Å². The summed E-state index contributed by atoms with van der Waals surface area (Å²) in [6.07, 6.45) is 7.26. The molecular formula is C14H29N3. The van der Waals surface area contributed by atoms with Crippen molar-refractivity contribution in [3.63, 3.8) is 0 Å². The predicted molar refractivity (Wildman–Crippen MR) is 73.3 cm³/mol. The summed E-state index contributed by atoms with van der Waals surface area (Å²) in [7, 11) is 0. The molecule has 2 fully saturated rings. The second-order valence-corrected chi connectivity index (χ2v) is 5.73. The number of piperazine rings is 1. The van der Waals surface area contributed by atoms with Gasteiger partial charge in [0, 0.05) is 45.3 Å². The minimum absolute atomic E-state index is 0.721. The van der Waals surface area contributed by atoms with Crippen molar-refractivity contribution in [3.05, 3.63) is 0 Å². The van der Waals surface area contributed by atoms with E-state index in [1.807, 2.05) is 0 Å². The van der Waals surface area contributed by atoms with E-state index in [2.05, 4.69) is 22.5 Å². The van der Waals surface area contributed by atoms with E-state index < -0.39 is 0 Å². The summed E-state index contributed by atoms with van der Waals surface area (Å²) in [5, 5.41) is 7.14. The third-order valence-corrected chi connectivity index (χ3v) is 4.46. The van der Waals surface area contributed by atoms with Gasteiger partial charge in [0.15, 0.2) is 0 Å². The lowest BCUT2D eigenvalue weighted by atomic mass is 9.84.